The maximum Gasteiger partial charge on any atom is 0.165 e. The van der Waals surface area contributed by atoms with E-state index in [-0.39, 0.29) is 17.6 Å². The van der Waals surface area contributed by atoms with E-state index in [0.29, 0.717) is 5.75 Å². The number of nitrogens with one attached hydrogen (secondary N) is 1. The molecular formula is C20H19FN2O2. The third-order valence-electron chi connectivity index (χ3n) is 5.64. The van der Waals surface area contributed by atoms with Crippen LogP contribution in [0.4, 0.5) is 4.39 Å². The van der Waals surface area contributed by atoms with Crippen LogP contribution >= 0.6 is 0 Å². The number of nitrogens with zero attached hydrogens (tertiary/aromatic N) is 1. The number of fused-ring (bicyclic) bond motifs is 6. The Labute approximate surface area is 144 Å². The molecule has 4 nitrogen and oxygen atoms in total. The summed E-state index contributed by atoms with van der Waals surface area (Å²) in [7, 11) is 1.60. The average molecular weight is 338 g/mol. The van der Waals surface area contributed by atoms with Crippen molar-refractivity contribution in [3.63, 3.8) is 0 Å². The van der Waals surface area contributed by atoms with Crippen LogP contribution in [0.25, 0.3) is 10.9 Å². The summed E-state index contributed by atoms with van der Waals surface area (Å²) >= 11 is 0. The molecular weight excluding hydrogens is 319 g/mol. The second-order valence-electron chi connectivity index (χ2n) is 6.90. The predicted octanol–water partition coefficient (Wildman–Crippen LogP) is 3.68. The molecule has 5 heteroatoms. The van der Waals surface area contributed by atoms with Crippen molar-refractivity contribution >= 4 is 10.9 Å². The lowest BCUT2D eigenvalue weighted by molar-refractivity contribution is 0.155. The van der Waals surface area contributed by atoms with Gasteiger partial charge >= 0.3 is 0 Å². The SMILES string of the molecule is COc1c(O)ccc2c1CN1CCc3c([nH]c4ccc(F)cc34)C1C2. The Kier molecular flexibility index (Phi) is 3.09. The molecule has 2 aromatic carbocycles. The van der Waals surface area contributed by atoms with Crippen LogP contribution < -0.4 is 4.74 Å². The third-order valence-corrected chi connectivity index (χ3v) is 5.64. The number of phenolic OH excluding ortho intramolecular Hbond substituents is 1. The number of halogens is 1. The fourth-order valence-corrected chi connectivity index (χ4v) is 4.47. The first-order valence-electron chi connectivity index (χ1n) is 8.57. The molecule has 2 N–H and O–H groups in total. The maximum absolute atomic E-state index is 13.7. The van der Waals surface area contributed by atoms with Crippen molar-refractivity contribution in [1.29, 1.82) is 0 Å². The topological polar surface area (TPSA) is 48.5 Å². The van der Waals surface area contributed by atoms with E-state index < -0.39 is 0 Å². The van der Waals surface area contributed by atoms with E-state index in [1.807, 2.05) is 12.1 Å². The number of methoxy groups -OCH3 is 1. The molecule has 0 fully saturated rings. The van der Waals surface area contributed by atoms with E-state index >= 15 is 0 Å². The molecule has 1 aromatic heterocycles. The molecule has 3 aromatic rings. The van der Waals surface area contributed by atoms with Crippen molar-refractivity contribution in [1.82, 2.24) is 9.88 Å². The quantitative estimate of drug-likeness (QED) is 0.712. The minimum Gasteiger partial charge on any atom is -0.504 e. The number of benzene rings is 2. The number of aromatic amines is 1. The van der Waals surface area contributed by atoms with Gasteiger partial charge in [-0.25, -0.2) is 4.39 Å². The Hall–Kier alpha value is -2.53. The lowest BCUT2D eigenvalue weighted by Crippen LogP contribution is -2.39. The smallest absolute Gasteiger partial charge is 0.165 e. The molecule has 3 heterocycles. The van der Waals surface area contributed by atoms with Crippen LogP contribution in [-0.4, -0.2) is 28.6 Å². The summed E-state index contributed by atoms with van der Waals surface area (Å²) in [6, 6.07) is 8.91. The van der Waals surface area contributed by atoms with Gasteiger partial charge in [-0.1, -0.05) is 6.07 Å². The van der Waals surface area contributed by atoms with Crippen molar-refractivity contribution < 1.29 is 14.2 Å². The molecule has 0 saturated heterocycles. The number of aromatic hydroxyl groups is 1. The monoisotopic (exact) mass is 338 g/mol. The Morgan fingerprint density at radius 2 is 2.12 bits per heavy atom. The molecule has 25 heavy (non-hydrogen) atoms. The summed E-state index contributed by atoms with van der Waals surface area (Å²) in [6.45, 7) is 1.67. The molecule has 0 amide bonds. The summed E-state index contributed by atoms with van der Waals surface area (Å²) in [5, 5.41) is 11.1. The van der Waals surface area contributed by atoms with E-state index in [4.69, 9.17) is 4.74 Å². The highest BCUT2D eigenvalue weighted by Crippen LogP contribution is 2.44. The fraction of sp³-hybridized carbons (Fsp3) is 0.300. The van der Waals surface area contributed by atoms with Crippen LogP contribution in [0, 0.1) is 5.82 Å². The molecule has 0 radical (unpaired) electrons. The normalized spacial score (nSPS) is 19.4. The van der Waals surface area contributed by atoms with E-state index in [1.165, 1.54) is 22.9 Å². The van der Waals surface area contributed by atoms with Gasteiger partial charge in [-0.15, -0.1) is 0 Å². The molecule has 0 aliphatic carbocycles. The Morgan fingerprint density at radius 1 is 1.24 bits per heavy atom. The summed E-state index contributed by atoms with van der Waals surface area (Å²) < 4.78 is 19.1. The van der Waals surface area contributed by atoms with Crippen molar-refractivity contribution in [2.75, 3.05) is 13.7 Å². The number of hydrogen-bond donors (Lipinski definition) is 2. The van der Waals surface area contributed by atoms with Gasteiger partial charge in [0.2, 0.25) is 0 Å². The molecule has 0 spiro atoms. The van der Waals surface area contributed by atoms with Crippen molar-refractivity contribution in [2.24, 2.45) is 0 Å². The molecule has 128 valence electrons. The van der Waals surface area contributed by atoms with Gasteiger partial charge in [0.1, 0.15) is 5.82 Å². The average Bonchev–Trinajstić information content (AvgIpc) is 2.98. The third kappa shape index (κ3) is 2.09. The van der Waals surface area contributed by atoms with E-state index in [1.54, 1.807) is 19.2 Å². The van der Waals surface area contributed by atoms with Gasteiger partial charge in [-0.05, 0) is 48.2 Å². The van der Waals surface area contributed by atoms with Crippen LogP contribution in [0.1, 0.15) is 28.4 Å². The fourth-order valence-electron chi connectivity index (χ4n) is 4.47. The summed E-state index contributed by atoms with van der Waals surface area (Å²) in [5.41, 5.74) is 5.72. The van der Waals surface area contributed by atoms with E-state index in [9.17, 15) is 9.50 Å². The van der Waals surface area contributed by atoms with Gasteiger partial charge in [0.25, 0.3) is 0 Å². The number of phenols is 1. The number of ether oxygens (including phenoxy) is 1. The van der Waals surface area contributed by atoms with Gasteiger partial charge in [0, 0.05) is 35.2 Å². The highest BCUT2D eigenvalue weighted by Gasteiger charge is 2.35. The van der Waals surface area contributed by atoms with Crippen LogP contribution in [-0.2, 0) is 19.4 Å². The highest BCUT2D eigenvalue weighted by molar-refractivity contribution is 5.85. The second-order valence-corrected chi connectivity index (χ2v) is 6.90. The van der Waals surface area contributed by atoms with Crippen LogP contribution in [0.2, 0.25) is 0 Å². The lowest BCUT2D eigenvalue weighted by atomic mass is 9.86. The zero-order valence-corrected chi connectivity index (χ0v) is 14.0. The van der Waals surface area contributed by atoms with E-state index in [2.05, 4.69) is 9.88 Å². The van der Waals surface area contributed by atoms with Gasteiger partial charge in [0.05, 0.1) is 13.2 Å². The number of rotatable bonds is 1. The number of aromatic nitrogens is 1. The first kappa shape index (κ1) is 14.8. The van der Waals surface area contributed by atoms with Crippen LogP contribution in [0.5, 0.6) is 11.5 Å². The Bertz CT molecular complexity index is 995. The van der Waals surface area contributed by atoms with Gasteiger partial charge in [-0.2, -0.15) is 0 Å². The minimum absolute atomic E-state index is 0.189. The molecule has 0 bridgehead atoms. The Morgan fingerprint density at radius 3 is 2.96 bits per heavy atom. The number of H-pyrrole nitrogens is 1. The predicted molar refractivity (Wildman–Crippen MR) is 93.5 cm³/mol. The first-order chi connectivity index (χ1) is 12.2. The van der Waals surface area contributed by atoms with Gasteiger partial charge < -0.3 is 14.8 Å². The maximum atomic E-state index is 13.7. The largest absolute Gasteiger partial charge is 0.504 e. The van der Waals surface area contributed by atoms with Crippen molar-refractivity contribution in [3.8, 4) is 11.5 Å². The minimum atomic E-state index is -0.189. The summed E-state index contributed by atoms with van der Waals surface area (Å²) in [6.07, 6.45) is 1.75. The second kappa shape index (κ2) is 5.23. The van der Waals surface area contributed by atoms with Crippen molar-refractivity contribution in [2.45, 2.75) is 25.4 Å². The first-order valence-corrected chi connectivity index (χ1v) is 8.57. The highest BCUT2D eigenvalue weighted by atomic mass is 19.1. The molecule has 1 atom stereocenters. The van der Waals surface area contributed by atoms with Gasteiger partial charge in [-0.3, -0.25) is 4.90 Å². The zero-order chi connectivity index (χ0) is 17.1. The summed E-state index contributed by atoms with van der Waals surface area (Å²) in [4.78, 5) is 5.94. The molecule has 5 rings (SSSR count). The lowest BCUT2D eigenvalue weighted by Gasteiger charge is -2.40. The molecule has 2 aliphatic rings. The zero-order valence-electron chi connectivity index (χ0n) is 14.0. The standard InChI is InChI=1S/C20H19FN2O2/c1-25-20-15-10-23-7-6-13-14-9-12(21)3-4-16(14)22-19(13)17(23)8-11(15)2-5-18(20)24/h2-5,9,17,22,24H,6-8,10H2,1H3. The summed E-state index contributed by atoms with van der Waals surface area (Å²) in [5.74, 6) is 0.588. The Balaban J connectivity index is 1.63. The van der Waals surface area contributed by atoms with Gasteiger partial charge in [0.15, 0.2) is 11.5 Å². The van der Waals surface area contributed by atoms with Crippen LogP contribution in [0.15, 0.2) is 30.3 Å². The molecule has 1 unspecified atom stereocenters. The molecule has 2 aliphatic heterocycles. The number of hydrogen-bond acceptors (Lipinski definition) is 3. The van der Waals surface area contributed by atoms with Crippen LogP contribution in [0.3, 0.4) is 0 Å². The molecule has 0 saturated carbocycles. The van der Waals surface area contributed by atoms with Crippen molar-refractivity contribution in [3.05, 3.63) is 58.5 Å². The van der Waals surface area contributed by atoms with E-state index in [0.717, 1.165) is 42.4 Å².